The highest BCUT2D eigenvalue weighted by molar-refractivity contribution is 5.38. The molecule has 1 heterocycles. The van der Waals surface area contributed by atoms with Gasteiger partial charge in [-0.05, 0) is 13.3 Å². The normalized spacial score (nSPS) is 9.60. The molecule has 0 aliphatic heterocycles. The molecule has 0 aromatic carbocycles. The van der Waals surface area contributed by atoms with Gasteiger partial charge in [0.1, 0.15) is 0 Å². The lowest BCUT2D eigenvalue weighted by Gasteiger charge is -2.05. The maximum atomic E-state index is 11.5. The molecule has 0 saturated heterocycles. The van der Waals surface area contributed by atoms with Crippen LogP contribution in [0.1, 0.15) is 19.8 Å². The maximum Gasteiger partial charge on any atom is 0.268 e. The van der Waals surface area contributed by atoms with E-state index in [-0.39, 0.29) is 5.56 Å². The van der Waals surface area contributed by atoms with Crippen LogP contribution in [-0.4, -0.2) is 16.3 Å². The summed E-state index contributed by atoms with van der Waals surface area (Å²) in [4.78, 5) is 11.5. The summed E-state index contributed by atoms with van der Waals surface area (Å²) in [6, 6.07) is 3.55. The molecule has 0 saturated carbocycles. The average molecular weight is 206 g/mol. The molecule has 0 amide bonds. The van der Waals surface area contributed by atoms with Crippen LogP contribution in [-0.2, 0) is 6.54 Å². The number of unbranched alkanes of at least 4 members (excludes halogenated alkanes) is 1. The zero-order valence-corrected chi connectivity index (χ0v) is 8.73. The third-order valence-corrected chi connectivity index (χ3v) is 1.91. The van der Waals surface area contributed by atoms with Crippen molar-refractivity contribution in [1.29, 1.82) is 5.26 Å². The molecule has 0 aliphatic carbocycles. The molecule has 15 heavy (non-hydrogen) atoms. The average Bonchev–Trinajstić information content (AvgIpc) is 2.22. The van der Waals surface area contributed by atoms with Crippen molar-refractivity contribution < 1.29 is 0 Å². The number of aryl methyl sites for hydroxylation is 1. The monoisotopic (exact) mass is 206 g/mol. The fourth-order valence-electron chi connectivity index (χ4n) is 1.21. The predicted molar refractivity (Wildman–Crippen MR) is 57.5 cm³/mol. The van der Waals surface area contributed by atoms with E-state index in [2.05, 4.69) is 10.4 Å². The van der Waals surface area contributed by atoms with Gasteiger partial charge < -0.3 is 5.32 Å². The zero-order valence-electron chi connectivity index (χ0n) is 8.73. The van der Waals surface area contributed by atoms with Gasteiger partial charge in [-0.1, -0.05) is 0 Å². The first-order valence-corrected chi connectivity index (χ1v) is 4.96. The largest absolute Gasteiger partial charge is 0.384 e. The fourth-order valence-corrected chi connectivity index (χ4v) is 1.21. The highest BCUT2D eigenvalue weighted by atomic mass is 16.1. The molecule has 1 rings (SSSR count). The van der Waals surface area contributed by atoms with Gasteiger partial charge in [-0.3, -0.25) is 4.79 Å². The van der Waals surface area contributed by atoms with Gasteiger partial charge in [0.2, 0.25) is 0 Å². The smallest absolute Gasteiger partial charge is 0.268 e. The molecule has 5 nitrogen and oxygen atoms in total. The number of hydrogen-bond donors (Lipinski definition) is 1. The van der Waals surface area contributed by atoms with Gasteiger partial charge in [0, 0.05) is 25.6 Å². The third kappa shape index (κ3) is 3.43. The Hall–Kier alpha value is -1.83. The standard InChI is InChI=1S/C10H14N4O/c1-2-12-9-7-10(15)14(13-8-9)6-4-3-5-11/h7-8,12H,2-4,6H2,1H3. The number of hydrogen-bond acceptors (Lipinski definition) is 4. The van der Waals surface area contributed by atoms with Gasteiger partial charge in [-0.15, -0.1) is 0 Å². The van der Waals surface area contributed by atoms with E-state index in [0.717, 1.165) is 12.2 Å². The number of anilines is 1. The molecular formula is C10H14N4O. The summed E-state index contributed by atoms with van der Waals surface area (Å²) in [5, 5.41) is 15.4. The Morgan fingerprint density at radius 3 is 3.07 bits per heavy atom. The lowest BCUT2D eigenvalue weighted by Crippen LogP contribution is -2.22. The molecule has 0 aliphatic rings. The predicted octanol–water partition coefficient (Wildman–Crippen LogP) is 0.979. The minimum Gasteiger partial charge on any atom is -0.384 e. The summed E-state index contributed by atoms with van der Waals surface area (Å²) in [6.07, 6.45) is 2.73. The molecule has 0 atom stereocenters. The highest BCUT2D eigenvalue weighted by Crippen LogP contribution is 1.99. The summed E-state index contributed by atoms with van der Waals surface area (Å²) in [5.74, 6) is 0. The summed E-state index contributed by atoms with van der Waals surface area (Å²) >= 11 is 0. The van der Waals surface area contributed by atoms with Crippen molar-refractivity contribution in [3.05, 3.63) is 22.6 Å². The van der Waals surface area contributed by atoms with Crippen LogP contribution >= 0.6 is 0 Å². The van der Waals surface area contributed by atoms with Crippen LogP contribution in [0.4, 0.5) is 5.69 Å². The number of nitrogens with one attached hydrogen (secondary N) is 1. The molecular weight excluding hydrogens is 192 g/mol. The Balaban J connectivity index is 2.67. The second-order valence-corrected chi connectivity index (χ2v) is 3.10. The summed E-state index contributed by atoms with van der Waals surface area (Å²) in [7, 11) is 0. The number of nitriles is 1. The van der Waals surface area contributed by atoms with E-state index in [0.29, 0.717) is 19.4 Å². The Morgan fingerprint density at radius 2 is 2.47 bits per heavy atom. The number of aromatic nitrogens is 2. The van der Waals surface area contributed by atoms with Crippen LogP contribution in [0.3, 0.4) is 0 Å². The highest BCUT2D eigenvalue weighted by Gasteiger charge is 1.98. The molecule has 80 valence electrons. The Kier molecular flexibility index (Phi) is 4.35. The maximum absolute atomic E-state index is 11.5. The van der Waals surface area contributed by atoms with Gasteiger partial charge in [0.25, 0.3) is 5.56 Å². The van der Waals surface area contributed by atoms with Crippen LogP contribution < -0.4 is 10.9 Å². The molecule has 5 heteroatoms. The van der Waals surface area contributed by atoms with Gasteiger partial charge in [-0.2, -0.15) is 10.4 Å². The van der Waals surface area contributed by atoms with E-state index in [1.54, 1.807) is 6.20 Å². The lowest BCUT2D eigenvalue weighted by atomic mass is 10.3. The summed E-state index contributed by atoms with van der Waals surface area (Å²) < 4.78 is 1.37. The van der Waals surface area contributed by atoms with Crippen molar-refractivity contribution in [3.8, 4) is 6.07 Å². The van der Waals surface area contributed by atoms with Crippen LogP contribution in [0, 0.1) is 11.3 Å². The van der Waals surface area contributed by atoms with Crippen molar-refractivity contribution in [2.45, 2.75) is 26.3 Å². The fraction of sp³-hybridized carbons (Fsp3) is 0.500. The zero-order chi connectivity index (χ0) is 11.1. The van der Waals surface area contributed by atoms with Crippen LogP contribution in [0.2, 0.25) is 0 Å². The number of rotatable bonds is 5. The molecule has 1 aromatic rings. The van der Waals surface area contributed by atoms with Crippen LogP contribution in [0.25, 0.3) is 0 Å². The molecule has 0 radical (unpaired) electrons. The Morgan fingerprint density at radius 1 is 1.67 bits per heavy atom. The van der Waals surface area contributed by atoms with E-state index in [9.17, 15) is 4.79 Å². The van der Waals surface area contributed by atoms with Crippen LogP contribution in [0.15, 0.2) is 17.1 Å². The van der Waals surface area contributed by atoms with Crippen molar-refractivity contribution in [3.63, 3.8) is 0 Å². The summed E-state index contributed by atoms with van der Waals surface area (Å²) in [6.45, 7) is 3.22. The number of nitrogens with zero attached hydrogens (tertiary/aromatic N) is 3. The topological polar surface area (TPSA) is 70.7 Å². The van der Waals surface area contributed by atoms with E-state index in [1.807, 2.05) is 13.0 Å². The van der Waals surface area contributed by atoms with Gasteiger partial charge in [0.15, 0.2) is 0 Å². The van der Waals surface area contributed by atoms with Crippen molar-refractivity contribution in [2.75, 3.05) is 11.9 Å². The van der Waals surface area contributed by atoms with Gasteiger partial charge >= 0.3 is 0 Å². The van der Waals surface area contributed by atoms with E-state index >= 15 is 0 Å². The van der Waals surface area contributed by atoms with Crippen molar-refractivity contribution >= 4 is 5.69 Å². The third-order valence-electron chi connectivity index (χ3n) is 1.91. The van der Waals surface area contributed by atoms with E-state index < -0.39 is 0 Å². The molecule has 0 spiro atoms. The van der Waals surface area contributed by atoms with Crippen molar-refractivity contribution in [2.24, 2.45) is 0 Å². The lowest BCUT2D eigenvalue weighted by molar-refractivity contribution is 0.554. The van der Waals surface area contributed by atoms with Gasteiger partial charge in [-0.25, -0.2) is 4.68 Å². The van der Waals surface area contributed by atoms with Crippen molar-refractivity contribution in [1.82, 2.24) is 9.78 Å². The van der Waals surface area contributed by atoms with E-state index in [4.69, 9.17) is 5.26 Å². The second kappa shape index (κ2) is 5.81. The molecule has 1 aromatic heterocycles. The molecule has 0 unspecified atom stereocenters. The summed E-state index contributed by atoms with van der Waals surface area (Å²) in [5.41, 5.74) is 0.602. The quantitative estimate of drug-likeness (QED) is 0.729. The Bertz CT molecular complexity index is 405. The first-order valence-electron chi connectivity index (χ1n) is 4.96. The minimum absolute atomic E-state index is 0.133. The Labute approximate surface area is 88.3 Å². The molecule has 1 N–H and O–H groups in total. The minimum atomic E-state index is -0.133. The first-order chi connectivity index (χ1) is 7.27. The first kappa shape index (κ1) is 11.2. The van der Waals surface area contributed by atoms with E-state index in [1.165, 1.54) is 10.7 Å². The molecule has 0 fully saturated rings. The SMILES string of the molecule is CCNc1cnn(CCCC#N)c(=O)c1. The van der Waals surface area contributed by atoms with Crippen LogP contribution in [0.5, 0.6) is 0 Å². The molecule has 0 bridgehead atoms. The van der Waals surface area contributed by atoms with Gasteiger partial charge in [0.05, 0.1) is 18.0 Å². The second-order valence-electron chi connectivity index (χ2n) is 3.10.